The topological polar surface area (TPSA) is 87.6 Å². The molecule has 1 N–H and O–H groups in total. The highest BCUT2D eigenvalue weighted by atomic mass is 32.2. The van der Waals surface area contributed by atoms with E-state index in [9.17, 15) is 13.2 Å². The Hall–Kier alpha value is -1.47. The molecule has 0 spiro atoms. The van der Waals surface area contributed by atoms with Crippen LogP contribution in [0.15, 0.2) is 24.4 Å². The fraction of sp³-hybridized carbons (Fsp3) is 0.571. The lowest BCUT2D eigenvalue weighted by atomic mass is 9.95. The van der Waals surface area contributed by atoms with Gasteiger partial charge in [-0.25, -0.2) is 12.7 Å². The molecule has 0 atom stereocenters. The Kier molecular flexibility index (Phi) is 5.30. The third kappa shape index (κ3) is 4.78. The van der Waals surface area contributed by atoms with Gasteiger partial charge in [-0.1, -0.05) is 6.07 Å². The summed E-state index contributed by atoms with van der Waals surface area (Å²) >= 11 is 0. The molecular weight excluding hydrogens is 292 g/mol. The molecule has 21 heavy (non-hydrogen) atoms. The Morgan fingerprint density at radius 2 is 2.05 bits per heavy atom. The Bertz CT molecular complexity index is 566. The summed E-state index contributed by atoms with van der Waals surface area (Å²) in [5.74, 6) is -0.677. The predicted molar refractivity (Wildman–Crippen MR) is 78.3 cm³/mol. The van der Waals surface area contributed by atoms with Crippen LogP contribution >= 0.6 is 0 Å². The van der Waals surface area contributed by atoms with Gasteiger partial charge in [0.1, 0.15) is 0 Å². The monoisotopic (exact) mass is 312 g/mol. The highest BCUT2D eigenvalue weighted by molar-refractivity contribution is 7.89. The van der Waals surface area contributed by atoms with Gasteiger partial charge in [0, 0.05) is 37.8 Å². The van der Waals surface area contributed by atoms with E-state index in [1.54, 1.807) is 12.3 Å². The zero-order chi connectivity index (χ0) is 15.3. The number of hydrogen-bond donors (Lipinski definition) is 1. The van der Waals surface area contributed by atoms with E-state index < -0.39 is 16.0 Å². The van der Waals surface area contributed by atoms with E-state index in [1.807, 2.05) is 12.1 Å². The summed E-state index contributed by atoms with van der Waals surface area (Å²) in [4.78, 5) is 14.8. The molecule has 1 fully saturated rings. The maximum atomic E-state index is 12.3. The van der Waals surface area contributed by atoms with E-state index in [0.717, 1.165) is 5.69 Å². The number of sulfonamides is 1. The molecule has 116 valence electrons. The van der Waals surface area contributed by atoms with Gasteiger partial charge in [-0.15, -0.1) is 0 Å². The average Bonchev–Trinajstić information content (AvgIpc) is 2.46. The van der Waals surface area contributed by atoms with Crippen LogP contribution in [-0.4, -0.2) is 47.6 Å². The van der Waals surface area contributed by atoms with Gasteiger partial charge in [0.25, 0.3) is 0 Å². The van der Waals surface area contributed by atoms with Crippen LogP contribution in [0.25, 0.3) is 0 Å². The highest BCUT2D eigenvalue weighted by Crippen LogP contribution is 2.22. The van der Waals surface area contributed by atoms with Crippen LogP contribution in [0, 0.1) is 5.92 Å². The van der Waals surface area contributed by atoms with Crippen LogP contribution < -0.4 is 0 Å². The maximum Gasteiger partial charge on any atom is 0.303 e. The van der Waals surface area contributed by atoms with E-state index in [2.05, 4.69) is 4.98 Å². The van der Waals surface area contributed by atoms with Crippen molar-refractivity contribution >= 4 is 16.0 Å². The van der Waals surface area contributed by atoms with Crippen molar-refractivity contribution in [3.05, 3.63) is 30.1 Å². The first-order valence-corrected chi connectivity index (χ1v) is 8.68. The van der Waals surface area contributed by atoms with E-state index in [0.29, 0.717) is 32.4 Å². The molecule has 0 amide bonds. The fourth-order valence-corrected chi connectivity index (χ4v) is 4.04. The Labute approximate surface area is 124 Å². The third-order valence-electron chi connectivity index (χ3n) is 3.77. The summed E-state index contributed by atoms with van der Waals surface area (Å²) in [6.45, 7) is 0.838. The quantitative estimate of drug-likeness (QED) is 0.851. The second-order valence-corrected chi connectivity index (χ2v) is 7.42. The molecule has 0 radical (unpaired) electrons. The van der Waals surface area contributed by atoms with Crippen LogP contribution in [0.5, 0.6) is 0 Å². The van der Waals surface area contributed by atoms with Crippen molar-refractivity contribution in [1.29, 1.82) is 0 Å². The number of aryl methyl sites for hydroxylation is 1. The lowest BCUT2D eigenvalue weighted by molar-refractivity contribution is -0.138. The molecule has 2 rings (SSSR count). The van der Waals surface area contributed by atoms with Gasteiger partial charge in [0.2, 0.25) is 10.0 Å². The van der Waals surface area contributed by atoms with Gasteiger partial charge in [-0.05, 0) is 30.9 Å². The summed E-state index contributed by atoms with van der Waals surface area (Å²) in [5.41, 5.74) is 0.766. The van der Waals surface area contributed by atoms with Crippen molar-refractivity contribution < 1.29 is 18.3 Å². The van der Waals surface area contributed by atoms with E-state index in [1.165, 1.54) is 4.31 Å². The van der Waals surface area contributed by atoms with Crippen molar-refractivity contribution in [3.8, 4) is 0 Å². The number of pyridine rings is 1. The molecule has 0 saturated carbocycles. The van der Waals surface area contributed by atoms with Crippen molar-refractivity contribution in [2.75, 3.05) is 18.8 Å². The SMILES string of the molecule is O=C(O)CC1CCN(S(=O)(=O)CCc2ccccn2)CC1. The summed E-state index contributed by atoms with van der Waals surface area (Å²) in [5, 5.41) is 8.76. The molecule has 1 aromatic heterocycles. The van der Waals surface area contributed by atoms with E-state index in [4.69, 9.17) is 5.11 Å². The number of carbonyl (C=O) groups is 1. The summed E-state index contributed by atoms with van der Waals surface area (Å²) in [6.07, 6.45) is 3.42. The summed E-state index contributed by atoms with van der Waals surface area (Å²) in [6, 6.07) is 5.45. The molecule has 0 unspecified atom stereocenters. The van der Waals surface area contributed by atoms with Gasteiger partial charge < -0.3 is 5.11 Å². The van der Waals surface area contributed by atoms with Gasteiger partial charge in [0.15, 0.2) is 0 Å². The van der Waals surface area contributed by atoms with Crippen LogP contribution in [0.1, 0.15) is 25.0 Å². The summed E-state index contributed by atoms with van der Waals surface area (Å²) < 4.78 is 26.0. The second kappa shape index (κ2) is 7.00. The minimum Gasteiger partial charge on any atom is -0.481 e. The number of piperidine rings is 1. The largest absolute Gasteiger partial charge is 0.481 e. The standard InChI is InChI=1S/C14H20N2O4S/c17-14(18)11-12-4-8-16(9-5-12)21(19,20)10-6-13-3-1-2-7-15-13/h1-3,7,12H,4-6,8-11H2,(H,17,18). The van der Waals surface area contributed by atoms with Gasteiger partial charge >= 0.3 is 5.97 Å². The Morgan fingerprint density at radius 3 is 2.62 bits per heavy atom. The Balaban J connectivity index is 1.85. The molecule has 1 aromatic rings. The molecule has 0 aromatic carbocycles. The van der Waals surface area contributed by atoms with Gasteiger partial charge in [0.05, 0.1) is 5.75 Å². The van der Waals surface area contributed by atoms with E-state index >= 15 is 0 Å². The Morgan fingerprint density at radius 1 is 1.33 bits per heavy atom. The lowest BCUT2D eigenvalue weighted by Gasteiger charge is -2.30. The van der Waals surface area contributed by atoms with Crippen molar-refractivity contribution in [2.24, 2.45) is 5.92 Å². The number of carboxylic acid groups (broad SMARTS) is 1. The molecule has 7 heteroatoms. The van der Waals surface area contributed by atoms with Crippen LogP contribution in [0.4, 0.5) is 0 Å². The number of rotatable bonds is 6. The molecule has 1 aliphatic heterocycles. The second-order valence-electron chi connectivity index (χ2n) is 5.33. The van der Waals surface area contributed by atoms with Gasteiger partial charge in [-0.2, -0.15) is 0 Å². The molecule has 6 nitrogen and oxygen atoms in total. The first-order valence-electron chi connectivity index (χ1n) is 7.07. The molecular formula is C14H20N2O4S. The zero-order valence-electron chi connectivity index (χ0n) is 11.8. The third-order valence-corrected chi connectivity index (χ3v) is 5.64. The predicted octanol–water partition coefficient (Wildman–Crippen LogP) is 1.14. The van der Waals surface area contributed by atoms with Crippen molar-refractivity contribution in [2.45, 2.75) is 25.7 Å². The zero-order valence-corrected chi connectivity index (χ0v) is 12.6. The molecule has 2 heterocycles. The summed E-state index contributed by atoms with van der Waals surface area (Å²) in [7, 11) is -3.29. The molecule has 1 saturated heterocycles. The molecule has 1 aliphatic rings. The van der Waals surface area contributed by atoms with Crippen LogP contribution in [0.2, 0.25) is 0 Å². The number of hydrogen-bond acceptors (Lipinski definition) is 4. The molecule has 0 bridgehead atoms. The first kappa shape index (κ1) is 15.9. The number of carboxylic acids is 1. The fourth-order valence-electron chi connectivity index (χ4n) is 2.55. The minimum atomic E-state index is -3.29. The van der Waals surface area contributed by atoms with E-state index in [-0.39, 0.29) is 18.1 Å². The number of aromatic nitrogens is 1. The van der Waals surface area contributed by atoms with Crippen molar-refractivity contribution in [3.63, 3.8) is 0 Å². The normalized spacial score (nSPS) is 17.7. The minimum absolute atomic E-state index is 0.0492. The smallest absolute Gasteiger partial charge is 0.303 e. The number of nitrogens with zero attached hydrogens (tertiary/aromatic N) is 2. The lowest BCUT2D eigenvalue weighted by Crippen LogP contribution is -2.40. The van der Waals surface area contributed by atoms with Crippen molar-refractivity contribution in [1.82, 2.24) is 9.29 Å². The van der Waals surface area contributed by atoms with Gasteiger partial charge in [-0.3, -0.25) is 9.78 Å². The average molecular weight is 312 g/mol. The number of aliphatic carboxylic acids is 1. The van der Waals surface area contributed by atoms with Crippen LogP contribution in [0.3, 0.4) is 0 Å². The maximum absolute atomic E-state index is 12.3. The van der Waals surface area contributed by atoms with Crippen LogP contribution in [-0.2, 0) is 21.2 Å². The first-order chi connectivity index (χ1) is 9.97. The highest BCUT2D eigenvalue weighted by Gasteiger charge is 2.28. The molecule has 0 aliphatic carbocycles.